The van der Waals surface area contributed by atoms with Crippen molar-refractivity contribution in [3.8, 4) is 5.75 Å². The molecule has 180 valence electrons. The smallest absolute Gasteiger partial charge is 0.243 e. The second kappa shape index (κ2) is 9.80. The van der Waals surface area contributed by atoms with Gasteiger partial charge in [-0.05, 0) is 75.2 Å². The first-order chi connectivity index (χ1) is 15.5. The molecule has 11 heteroatoms. The van der Waals surface area contributed by atoms with Crippen molar-refractivity contribution in [3.05, 3.63) is 47.5 Å². The van der Waals surface area contributed by atoms with Crippen molar-refractivity contribution in [2.45, 2.75) is 36.5 Å². The molecule has 1 atom stereocenters. The molecule has 0 aliphatic carbocycles. The quantitative estimate of drug-likeness (QED) is 0.608. The van der Waals surface area contributed by atoms with Gasteiger partial charge in [-0.1, -0.05) is 6.07 Å². The number of piperidine rings is 1. The third kappa shape index (κ3) is 5.37. The number of carbonyl (C=O) groups excluding carboxylic acids is 1. The topological polar surface area (TPSA) is 122 Å². The minimum atomic E-state index is -3.78. The lowest BCUT2D eigenvalue weighted by molar-refractivity contribution is -0.120. The van der Waals surface area contributed by atoms with Gasteiger partial charge in [0.25, 0.3) is 0 Å². The molecule has 1 aliphatic rings. The molecule has 0 spiro atoms. The molecule has 3 rings (SSSR count). The van der Waals surface area contributed by atoms with Crippen molar-refractivity contribution < 1.29 is 26.4 Å². The summed E-state index contributed by atoms with van der Waals surface area (Å²) in [5, 5.41) is 2.78. The van der Waals surface area contributed by atoms with Gasteiger partial charge in [0.2, 0.25) is 26.0 Å². The van der Waals surface area contributed by atoms with E-state index in [9.17, 15) is 21.6 Å². The minimum Gasteiger partial charge on any atom is -0.496 e. The van der Waals surface area contributed by atoms with E-state index in [1.54, 1.807) is 32.0 Å². The number of anilines is 1. The van der Waals surface area contributed by atoms with Gasteiger partial charge in [-0.2, -0.15) is 4.31 Å². The summed E-state index contributed by atoms with van der Waals surface area (Å²) >= 11 is 0. The number of hydrogen-bond acceptors (Lipinski definition) is 6. The lowest BCUT2D eigenvalue weighted by Crippen LogP contribution is -2.43. The summed E-state index contributed by atoms with van der Waals surface area (Å²) in [5.41, 5.74) is 1.78. The molecule has 1 saturated heterocycles. The van der Waals surface area contributed by atoms with E-state index in [4.69, 9.17) is 4.74 Å². The second-order valence-corrected chi connectivity index (χ2v) is 11.8. The number of carbonyl (C=O) groups is 1. The van der Waals surface area contributed by atoms with Gasteiger partial charge in [-0.25, -0.2) is 21.6 Å². The van der Waals surface area contributed by atoms with E-state index in [1.165, 1.54) is 36.7 Å². The Morgan fingerprint density at radius 2 is 1.73 bits per heavy atom. The van der Waals surface area contributed by atoms with Gasteiger partial charge >= 0.3 is 0 Å². The summed E-state index contributed by atoms with van der Waals surface area (Å²) in [6.07, 6.45) is 1.08. The Bertz CT molecular complexity index is 1260. The average molecular weight is 496 g/mol. The largest absolute Gasteiger partial charge is 0.496 e. The van der Waals surface area contributed by atoms with Crippen molar-refractivity contribution in [2.24, 2.45) is 5.92 Å². The Kier molecular flexibility index (Phi) is 7.47. The lowest BCUT2D eigenvalue weighted by atomic mass is 9.98. The zero-order valence-corrected chi connectivity index (χ0v) is 20.7. The predicted octanol–water partition coefficient (Wildman–Crippen LogP) is 2.26. The van der Waals surface area contributed by atoms with Crippen LogP contribution < -0.4 is 14.8 Å². The zero-order valence-electron chi connectivity index (χ0n) is 19.1. The summed E-state index contributed by atoms with van der Waals surface area (Å²) in [6, 6.07) is 9.16. The third-order valence-electron chi connectivity index (χ3n) is 5.80. The predicted molar refractivity (Wildman–Crippen MR) is 125 cm³/mol. The highest BCUT2D eigenvalue weighted by Gasteiger charge is 2.33. The van der Waals surface area contributed by atoms with Crippen molar-refractivity contribution in [3.63, 3.8) is 0 Å². The van der Waals surface area contributed by atoms with Gasteiger partial charge in [0.15, 0.2) is 0 Å². The molecular formula is C22H29N3O6S2. The van der Waals surface area contributed by atoms with Crippen LogP contribution in [-0.4, -0.2) is 54.3 Å². The summed E-state index contributed by atoms with van der Waals surface area (Å²) in [5.74, 6) is -0.303. The van der Waals surface area contributed by atoms with E-state index < -0.39 is 26.0 Å². The van der Waals surface area contributed by atoms with Crippen LogP contribution in [-0.2, 0) is 24.8 Å². The number of aryl methyl sites for hydroxylation is 2. The fourth-order valence-electron chi connectivity index (χ4n) is 3.79. The number of sulfonamides is 2. The van der Waals surface area contributed by atoms with Crippen LogP contribution in [0.4, 0.5) is 5.69 Å². The molecule has 2 N–H and O–H groups in total. The monoisotopic (exact) mass is 495 g/mol. The highest BCUT2D eigenvalue weighted by molar-refractivity contribution is 7.89. The maximum absolute atomic E-state index is 13.2. The lowest BCUT2D eigenvalue weighted by Gasteiger charge is -2.31. The summed E-state index contributed by atoms with van der Waals surface area (Å²) < 4.78 is 59.4. The Labute approximate surface area is 195 Å². The molecule has 1 amide bonds. The molecule has 1 fully saturated rings. The van der Waals surface area contributed by atoms with Gasteiger partial charge in [0.1, 0.15) is 5.75 Å². The van der Waals surface area contributed by atoms with Crippen LogP contribution in [0.15, 0.2) is 46.2 Å². The molecule has 1 heterocycles. The van der Waals surface area contributed by atoms with Gasteiger partial charge in [-0.15, -0.1) is 0 Å². The number of hydrogen-bond donors (Lipinski definition) is 2. The Balaban J connectivity index is 1.79. The molecule has 0 bridgehead atoms. The van der Waals surface area contributed by atoms with Crippen LogP contribution in [0.2, 0.25) is 0 Å². The number of methoxy groups -OCH3 is 1. The molecule has 9 nitrogen and oxygen atoms in total. The number of rotatable bonds is 7. The van der Waals surface area contributed by atoms with Crippen LogP contribution in [0.3, 0.4) is 0 Å². The first kappa shape index (κ1) is 25.2. The van der Waals surface area contributed by atoms with E-state index in [-0.39, 0.29) is 22.2 Å². The van der Waals surface area contributed by atoms with Gasteiger partial charge in [0, 0.05) is 18.8 Å². The van der Waals surface area contributed by atoms with E-state index in [1.807, 2.05) is 0 Å². The van der Waals surface area contributed by atoms with Crippen molar-refractivity contribution >= 4 is 31.6 Å². The molecule has 0 saturated carbocycles. The molecule has 0 radical (unpaired) electrons. The Hall–Kier alpha value is -2.47. The van der Waals surface area contributed by atoms with Crippen LogP contribution in [0, 0.1) is 19.8 Å². The van der Waals surface area contributed by atoms with Gasteiger partial charge in [0.05, 0.1) is 22.8 Å². The van der Waals surface area contributed by atoms with Crippen molar-refractivity contribution in [2.75, 3.05) is 32.6 Å². The SMILES string of the molecule is CNS(=O)(=O)c1ccc(C)c(NC(=O)[C@H]2CCCN(S(=O)(=O)c3ccc(OC)c(C)c3)C2)c1. The molecule has 33 heavy (non-hydrogen) atoms. The molecule has 0 unspecified atom stereocenters. The number of ether oxygens (including phenoxy) is 1. The van der Waals surface area contributed by atoms with E-state index in [0.717, 1.165) is 0 Å². The van der Waals surface area contributed by atoms with Crippen LogP contribution in [0.1, 0.15) is 24.0 Å². The van der Waals surface area contributed by atoms with E-state index >= 15 is 0 Å². The standard InChI is InChI=1S/C22H29N3O6S2/c1-15-7-8-18(32(27,28)23-3)13-20(15)24-22(26)17-6-5-11-25(14-17)33(29,30)19-9-10-21(31-4)16(2)12-19/h7-10,12-13,17,23H,5-6,11,14H2,1-4H3,(H,24,26)/t17-/m0/s1. The van der Waals surface area contributed by atoms with Crippen LogP contribution in [0.5, 0.6) is 5.75 Å². The summed E-state index contributed by atoms with van der Waals surface area (Å²) in [4.78, 5) is 13.2. The molecule has 1 aliphatic heterocycles. The summed E-state index contributed by atoms with van der Waals surface area (Å²) in [6.45, 7) is 3.91. The van der Waals surface area contributed by atoms with E-state index in [0.29, 0.717) is 42.0 Å². The first-order valence-corrected chi connectivity index (χ1v) is 13.4. The van der Waals surface area contributed by atoms with Crippen LogP contribution in [0.25, 0.3) is 0 Å². The molecule has 2 aromatic carbocycles. The van der Waals surface area contributed by atoms with Crippen molar-refractivity contribution in [1.29, 1.82) is 0 Å². The summed E-state index contributed by atoms with van der Waals surface area (Å²) in [7, 11) is -4.60. The van der Waals surface area contributed by atoms with Crippen LogP contribution >= 0.6 is 0 Å². The Morgan fingerprint density at radius 1 is 1.03 bits per heavy atom. The highest BCUT2D eigenvalue weighted by Crippen LogP contribution is 2.28. The highest BCUT2D eigenvalue weighted by atomic mass is 32.2. The second-order valence-electron chi connectivity index (χ2n) is 8.01. The Morgan fingerprint density at radius 3 is 2.36 bits per heavy atom. The van der Waals surface area contributed by atoms with Gasteiger partial charge in [-0.3, -0.25) is 4.79 Å². The van der Waals surface area contributed by atoms with Crippen molar-refractivity contribution in [1.82, 2.24) is 9.03 Å². The fourth-order valence-corrected chi connectivity index (χ4v) is 6.16. The molecule has 2 aromatic rings. The maximum atomic E-state index is 13.2. The number of nitrogens with zero attached hydrogens (tertiary/aromatic N) is 1. The van der Waals surface area contributed by atoms with E-state index in [2.05, 4.69) is 10.0 Å². The fraction of sp³-hybridized carbons (Fsp3) is 0.409. The molecular weight excluding hydrogens is 466 g/mol. The number of amides is 1. The maximum Gasteiger partial charge on any atom is 0.243 e. The zero-order chi connectivity index (χ0) is 24.4. The average Bonchev–Trinajstić information content (AvgIpc) is 2.80. The normalized spacial score (nSPS) is 17.5. The first-order valence-electron chi connectivity index (χ1n) is 10.5. The number of nitrogens with one attached hydrogen (secondary N) is 2. The van der Waals surface area contributed by atoms with Gasteiger partial charge < -0.3 is 10.1 Å². The number of benzene rings is 2. The molecule has 0 aromatic heterocycles. The minimum absolute atomic E-state index is 0.0358. The third-order valence-corrected chi connectivity index (χ3v) is 9.08.